The van der Waals surface area contributed by atoms with Crippen LogP contribution in [0.1, 0.15) is 41.7 Å². The maximum absolute atomic E-state index is 12.4. The van der Waals surface area contributed by atoms with Gasteiger partial charge in [-0.2, -0.15) is 4.37 Å². The van der Waals surface area contributed by atoms with Crippen LogP contribution >= 0.6 is 11.5 Å². The third-order valence-corrected chi connectivity index (χ3v) is 5.33. The Morgan fingerprint density at radius 1 is 1.40 bits per heavy atom. The predicted octanol–water partition coefficient (Wildman–Crippen LogP) is 2.10. The summed E-state index contributed by atoms with van der Waals surface area (Å²) in [5, 5.41) is 6.99. The number of carbonyl (C=O) groups is 1. The zero-order valence-corrected chi connectivity index (χ0v) is 13.6. The Bertz CT molecular complexity index is 478. The number of anilines is 1. The van der Waals surface area contributed by atoms with Gasteiger partial charge in [-0.1, -0.05) is 12.8 Å². The fraction of sp³-hybridized carbons (Fsp3) is 0.714. The Hall–Kier alpha value is -1.14. The topological polar surface area (TPSA) is 57.3 Å². The van der Waals surface area contributed by atoms with Crippen molar-refractivity contribution in [3.8, 4) is 0 Å². The summed E-state index contributed by atoms with van der Waals surface area (Å²) in [7, 11) is 6.03. The largest absolute Gasteiger partial charge is 0.378 e. The van der Waals surface area contributed by atoms with E-state index in [1.165, 1.54) is 24.4 Å². The highest BCUT2D eigenvalue weighted by atomic mass is 32.1. The standard InChI is InChI=1S/C14H24N4OS/c1-10-11(13(15-2)20-17-10)12(19)16-9-14(18(3)4)7-5-6-8-14/h15H,5-9H2,1-4H3,(H,16,19). The van der Waals surface area contributed by atoms with E-state index in [-0.39, 0.29) is 11.4 Å². The summed E-state index contributed by atoms with van der Waals surface area (Å²) in [6.07, 6.45) is 4.80. The van der Waals surface area contributed by atoms with Crippen LogP contribution in [0.5, 0.6) is 0 Å². The van der Waals surface area contributed by atoms with E-state index in [0.29, 0.717) is 12.1 Å². The number of hydrogen-bond acceptors (Lipinski definition) is 5. The van der Waals surface area contributed by atoms with Crippen LogP contribution < -0.4 is 10.6 Å². The quantitative estimate of drug-likeness (QED) is 0.873. The van der Waals surface area contributed by atoms with E-state index in [0.717, 1.165) is 23.5 Å². The van der Waals surface area contributed by atoms with Gasteiger partial charge in [0.1, 0.15) is 5.00 Å². The van der Waals surface area contributed by atoms with Crippen LogP contribution in [0.25, 0.3) is 0 Å². The minimum atomic E-state index is -0.0197. The maximum atomic E-state index is 12.4. The molecule has 1 heterocycles. The van der Waals surface area contributed by atoms with Crippen molar-refractivity contribution >= 4 is 22.4 Å². The summed E-state index contributed by atoms with van der Waals surface area (Å²) in [5.41, 5.74) is 1.60. The van der Waals surface area contributed by atoms with Crippen LogP contribution in [0.15, 0.2) is 0 Å². The van der Waals surface area contributed by atoms with Crippen molar-refractivity contribution in [3.05, 3.63) is 11.3 Å². The predicted molar refractivity (Wildman–Crippen MR) is 83.6 cm³/mol. The molecule has 1 aromatic heterocycles. The highest BCUT2D eigenvalue weighted by Crippen LogP contribution is 2.33. The second-order valence-corrected chi connectivity index (χ2v) is 6.50. The average molecular weight is 296 g/mol. The summed E-state index contributed by atoms with van der Waals surface area (Å²) in [4.78, 5) is 14.7. The average Bonchev–Trinajstić information content (AvgIpc) is 3.03. The van der Waals surface area contributed by atoms with Gasteiger partial charge in [0, 0.05) is 19.1 Å². The number of rotatable bonds is 5. The second kappa shape index (κ2) is 6.10. The Labute approximate surface area is 124 Å². The molecule has 112 valence electrons. The number of aryl methyl sites for hydroxylation is 1. The van der Waals surface area contributed by atoms with E-state index in [9.17, 15) is 4.79 Å². The molecule has 0 bridgehead atoms. The number of amides is 1. The van der Waals surface area contributed by atoms with E-state index in [1.807, 2.05) is 14.0 Å². The van der Waals surface area contributed by atoms with Crippen molar-refractivity contribution in [1.82, 2.24) is 14.6 Å². The molecule has 1 amide bonds. The second-order valence-electron chi connectivity index (χ2n) is 5.73. The van der Waals surface area contributed by atoms with Gasteiger partial charge in [0.2, 0.25) is 0 Å². The van der Waals surface area contributed by atoms with Gasteiger partial charge in [0.25, 0.3) is 5.91 Å². The summed E-state index contributed by atoms with van der Waals surface area (Å²) < 4.78 is 4.25. The van der Waals surface area contributed by atoms with Crippen molar-refractivity contribution in [3.63, 3.8) is 0 Å². The molecule has 0 atom stereocenters. The Kier molecular flexibility index (Phi) is 4.65. The smallest absolute Gasteiger partial charge is 0.256 e. The van der Waals surface area contributed by atoms with Crippen LogP contribution in [-0.4, -0.2) is 48.4 Å². The van der Waals surface area contributed by atoms with Gasteiger partial charge in [-0.3, -0.25) is 4.79 Å². The van der Waals surface area contributed by atoms with Crippen LogP contribution in [0.4, 0.5) is 5.00 Å². The lowest BCUT2D eigenvalue weighted by Crippen LogP contribution is -2.50. The SMILES string of the molecule is CNc1snc(C)c1C(=O)NCC1(N(C)C)CCCC1. The number of carbonyl (C=O) groups excluding carboxylic acids is 1. The molecule has 1 aliphatic carbocycles. The lowest BCUT2D eigenvalue weighted by atomic mass is 9.96. The van der Waals surface area contributed by atoms with Crippen LogP contribution in [0, 0.1) is 6.92 Å². The highest BCUT2D eigenvalue weighted by Gasteiger charge is 2.36. The normalized spacial score (nSPS) is 17.4. The van der Waals surface area contributed by atoms with Gasteiger partial charge < -0.3 is 15.5 Å². The highest BCUT2D eigenvalue weighted by molar-refractivity contribution is 7.10. The number of aromatic nitrogens is 1. The number of nitrogens with one attached hydrogen (secondary N) is 2. The molecule has 5 nitrogen and oxygen atoms in total. The molecule has 1 fully saturated rings. The van der Waals surface area contributed by atoms with Crippen molar-refractivity contribution in [2.45, 2.75) is 38.1 Å². The third-order valence-electron chi connectivity index (χ3n) is 4.38. The molecule has 6 heteroatoms. The van der Waals surface area contributed by atoms with E-state index < -0.39 is 0 Å². The van der Waals surface area contributed by atoms with E-state index in [4.69, 9.17) is 0 Å². The first-order chi connectivity index (χ1) is 9.50. The monoisotopic (exact) mass is 296 g/mol. The molecule has 1 saturated carbocycles. The zero-order valence-electron chi connectivity index (χ0n) is 12.7. The first kappa shape index (κ1) is 15.3. The molecule has 0 unspecified atom stereocenters. The van der Waals surface area contributed by atoms with Crippen LogP contribution in [-0.2, 0) is 0 Å². The first-order valence-corrected chi connectivity index (χ1v) is 7.87. The Balaban J connectivity index is 2.06. The van der Waals surface area contributed by atoms with E-state index >= 15 is 0 Å². The number of nitrogens with zero attached hydrogens (tertiary/aromatic N) is 2. The minimum absolute atomic E-state index is 0.0197. The van der Waals surface area contributed by atoms with Gasteiger partial charge in [-0.05, 0) is 45.4 Å². The summed E-state index contributed by atoms with van der Waals surface area (Å²) in [5.74, 6) is -0.0197. The molecule has 20 heavy (non-hydrogen) atoms. The van der Waals surface area contributed by atoms with Gasteiger partial charge in [-0.15, -0.1) is 0 Å². The van der Waals surface area contributed by atoms with Crippen molar-refractivity contribution in [2.75, 3.05) is 33.0 Å². The molecule has 0 radical (unpaired) electrons. The Morgan fingerprint density at radius 2 is 2.05 bits per heavy atom. The first-order valence-electron chi connectivity index (χ1n) is 7.10. The van der Waals surface area contributed by atoms with Gasteiger partial charge in [-0.25, -0.2) is 0 Å². The molecule has 0 spiro atoms. The van der Waals surface area contributed by atoms with Gasteiger partial charge >= 0.3 is 0 Å². The third kappa shape index (κ3) is 2.81. The molecule has 2 N–H and O–H groups in total. The molecule has 0 aliphatic heterocycles. The molecular formula is C14H24N4OS. The van der Waals surface area contributed by atoms with E-state index in [2.05, 4.69) is 34.0 Å². The fourth-order valence-corrected chi connectivity index (χ4v) is 3.70. The van der Waals surface area contributed by atoms with Crippen molar-refractivity contribution in [2.24, 2.45) is 0 Å². The molecule has 1 aromatic rings. The van der Waals surface area contributed by atoms with Crippen molar-refractivity contribution < 1.29 is 4.79 Å². The van der Waals surface area contributed by atoms with Gasteiger partial charge in [0.05, 0.1) is 11.3 Å². The molecule has 0 aromatic carbocycles. The van der Waals surface area contributed by atoms with Crippen LogP contribution in [0.3, 0.4) is 0 Å². The van der Waals surface area contributed by atoms with Gasteiger partial charge in [0.15, 0.2) is 0 Å². The molecular weight excluding hydrogens is 272 g/mol. The van der Waals surface area contributed by atoms with E-state index in [1.54, 1.807) is 0 Å². The lowest BCUT2D eigenvalue weighted by Gasteiger charge is -2.36. The molecule has 1 aliphatic rings. The summed E-state index contributed by atoms with van der Waals surface area (Å²) in [6, 6.07) is 0. The minimum Gasteiger partial charge on any atom is -0.378 e. The summed E-state index contributed by atoms with van der Waals surface area (Å²) >= 11 is 1.34. The lowest BCUT2D eigenvalue weighted by molar-refractivity contribution is 0.0900. The summed E-state index contributed by atoms with van der Waals surface area (Å²) in [6.45, 7) is 2.58. The fourth-order valence-electron chi connectivity index (χ4n) is 2.96. The Morgan fingerprint density at radius 3 is 2.60 bits per heavy atom. The zero-order chi connectivity index (χ0) is 14.8. The molecule has 2 rings (SSSR count). The number of likely N-dealkylation sites (N-methyl/N-ethyl adjacent to an activating group) is 1. The number of hydrogen-bond donors (Lipinski definition) is 2. The maximum Gasteiger partial charge on any atom is 0.256 e. The van der Waals surface area contributed by atoms with Crippen LogP contribution in [0.2, 0.25) is 0 Å². The van der Waals surface area contributed by atoms with Crippen molar-refractivity contribution in [1.29, 1.82) is 0 Å². The molecule has 0 saturated heterocycles.